The number of phenolic OH excluding ortho intramolecular Hbond substituents is 1. The molecule has 1 rings (SSSR count). The Hall–Kier alpha value is -1.71. The molecule has 0 saturated heterocycles. The third-order valence-electron chi connectivity index (χ3n) is 1.98. The van der Waals surface area contributed by atoms with Crippen LogP contribution in [0.1, 0.15) is 19.4 Å². The molecule has 1 aromatic rings. The zero-order chi connectivity index (χ0) is 12.1. The Morgan fingerprint density at radius 1 is 1.44 bits per heavy atom. The summed E-state index contributed by atoms with van der Waals surface area (Å²) in [4.78, 5) is 11.2. The SMILES string of the molecule is COC(=O)Cc1ccc(O)cc1OC(C)C. The number of hydrogen-bond acceptors (Lipinski definition) is 4. The van der Waals surface area contributed by atoms with Crippen LogP contribution >= 0.6 is 0 Å². The fourth-order valence-corrected chi connectivity index (χ4v) is 1.28. The van der Waals surface area contributed by atoms with E-state index in [9.17, 15) is 9.90 Å². The van der Waals surface area contributed by atoms with Gasteiger partial charge in [0.2, 0.25) is 0 Å². The highest BCUT2D eigenvalue weighted by molar-refractivity contribution is 5.73. The Labute approximate surface area is 94.8 Å². The summed E-state index contributed by atoms with van der Waals surface area (Å²) in [6, 6.07) is 4.67. The zero-order valence-corrected chi connectivity index (χ0v) is 9.69. The number of benzene rings is 1. The predicted octanol–water partition coefficient (Wildman–Crippen LogP) is 1.89. The molecule has 0 aliphatic rings. The van der Waals surface area contributed by atoms with Crippen molar-refractivity contribution in [2.75, 3.05) is 7.11 Å². The van der Waals surface area contributed by atoms with E-state index < -0.39 is 0 Å². The van der Waals surface area contributed by atoms with Crippen molar-refractivity contribution in [2.45, 2.75) is 26.4 Å². The van der Waals surface area contributed by atoms with Gasteiger partial charge in [-0.15, -0.1) is 0 Å². The van der Waals surface area contributed by atoms with Crippen LogP contribution in [0.15, 0.2) is 18.2 Å². The number of rotatable bonds is 4. The summed E-state index contributed by atoms with van der Waals surface area (Å²) in [5, 5.41) is 9.35. The summed E-state index contributed by atoms with van der Waals surface area (Å²) in [7, 11) is 1.34. The Kier molecular flexibility index (Phi) is 4.17. The van der Waals surface area contributed by atoms with E-state index in [0.29, 0.717) is 11.3 Å². The Morgan fingerprint density at radius 2 is 2.12 bits per heavy atom. The van der Waals surface area contributed by atoms with E-state index in [4.69, 9.17) is 4.74 Å². The minimum Gasteiger partial charge on any atom is -0.508 e. The molecule has 0 aliphatic carbocycles. The number of ether oxygens (including phenoxy) is 2. The fraction of sp³-hybridized carbons (Fsp3) is 0.417. The molecule has 0 saturated carbocycles. The zero-order valence-electron chi connectivity index (χ0n) is 9.69. The van der Waals surface area contributed by atoms with Crippen LogP contribution in [0.3, 0.4) is 0 Å². The smallest absolute Gasteiger partial charge is 0.310 e. The molecule has 1 N–H and O–H groups in total. The molecule has 0 atom stereocenters. The lowest BCUT2D eigenvalue weighted by Crippen LogP contribution is -2.10. The van der Waals surface area contributed by atoms with Gasteiger partial charge in [-0.3, -0.25) is 4.79 Å². The number of carbonyl (C=O) groups is 1. The molecule has 0 fully saturated rings. The molecule has 0 amide bonds. The summed E-state index contributed by atoms with van der Waals surface area (Å²) >= 11 is 0. The number of hydrogen-bond donors (Lipinski definition) is 1. The Morgan fingerprint density at radius 3 is 2.69 bits per heavy atom. The van der Waals surface area contributed by atoms with Gasteiger partial charge in [-0.1, -0.05) is 6.07 Å². The first-order chi connectivity index (χ1) is 7.52. The fourth-order valence-electron chi connectivity index (χ4n) is 1.28. The molecule has 4 nitrogen and oxygen atoms in total. The summed E-state index contributed by atoms with van der Waals surface area (Å²) in [6.45, 7) is 3.76. The van der Waals surface area contributed by atoms with E-state index in [1.807, 2.05) is 13.8 Å². The molecule has 0 radical (unpaired) electrons. The van der Waals surface area contributed by atoms with Crippen LogP contribution in [0, 0.1) is 0 Å². The molecule has 16 heavy (non-hydrogen) atoms. The minimum absolute atomic E-state index is 0.0156. The van der Waals surface area contributed by atoms with Gasteiger partial charge in [-0.25, -0.2) is 0 Å². The number of methoxy groups -OCH3 is 1. The number of aromatic hydroxyl groups is 1. The third-order valence-corrected chi connectivity index (χ3v) is 1.98. The molecular weight excluding hydrogens is 208 g/mol. The van der Waals surface area contributed by atoms with Gasteiger partial charge in [0.25, 0.3) is 0 Å². The van der Waals surface area contributed by atoms with Gasteiger partial charge in [0.15, 0.2) is 0 Å². The molecule has 88 valence electrons. The van der Waals surface area contributed by atoms with Crippen molar-refractivity contribution in [1.29, 1.82) is 0 Å². The van der Waals surface area contributed by atoms with E-state index in [0.717, 1.165) is 0 Å². The molecule has 4 heteroatoms. The van der Waals surface area contributed by atoms with E-state index >= 15 is 0 Å². The van der Waals surface area contributed by atoms with Crippen LogP contribution in [0.2, 0.25) is 0 Å². The van der Waals surface area contributed by atoms with Crippen LogP contribution in [-0.4, -0.2) is 24.3 Å². The van der Waals surface area contributed by atoms with Crippen molar-refractivity contribution >= 4 is 5.97 Å². The maximum Gasteiger partial charge on any atom is 0.310 e. The van der Waals surface area contributed by atoms with Crippen LogP contribution in [0.4, 0.5) is 0 Å². The van der Waals surface area contributed by atoms with Crippen LogP contribution in [-0.2, 0) is 16.0 Å². The Balaban J connectivity index is 2.93. The second kappa shape index (κ2) is 5.39. The van der Waals surface area contributed by atoms with Crippen LogP contribution < -0.4 is 4.74 Å². The normalized spacial score (nSPS) is 10.2. The second-order valence-corrected chi connectivity index (χ2v) is 3.71. The first kappa shape index (κ1) is 12.4. The largest absolute Gasteiger partial charge is 0.508 e. The molecule has 0 aliphatic heterocycles. The van der Waals surface area contributed by atoms with Gasteiger partial charge >= 0.3 is 5.97 Å². The summed E-state index contributed by atoms with van der Waals surface area (Å²) in [6.07, 6.45) is 0.122. The number of carbonyl (C=O) groups excluding carboxylic acids is 1. The van der Waals surface area contributed by atoms with Gasteiger partial charge in [-0.2, -0.15) is 0 Å². The van der Waals surface area contributed by atoms with E-state index in [2.05, 4.69) is 4.74 Å². The summed E-state index contributed by atoms with van der Waals surface area (Å²) < 4.78 is 10.1. The summed E-state index contributed by atoms with van der Waals surface area (Å²) in [5.74, 6) is 0.295. The van der Waals surface area contributed by atoms with Crippen molar-refractivity contribution in [1.82, 2.24) is 0 Å². The topological polar surface area (TPSA) is 55.8 Å². The standard InChI is InChI=1S/C12H16O4/c1-8(2)16-11-7-10(13)5-4-9(11)6-12(14)15-3/h4-5,7-8,13H,6H2,1-3H3. The van der Waals surface area contributed by atoms with Gasteiger partial charge in [0.1, 0.15) is 11.5 Å². The lowest BCUT2D eigenvalue weighted by molar-refractivity contribution is -0.139. The van der Waals surface area contributed by atoms with Crippen LogP contribution in [0.25, 0.3) is 0 Å². The lowest BCUT2D eigenvalue weighted by atomic mass is 10.1. The molecule has 0 unspecified atom stereocenters. The third kappa shape index (κ3) is 3.46. The molecule has 0 bridgehead atoms. The highest BCUT2D eigenvalue weighted by atomic mass is 16.5. The minimum atomic E-state index is -0.334. The predicted molar refractivity (Wildman–Crippen MR) is 59.6 cm³/mol. The van der Waals surface area contributed by atoms with Crippen molar-refractivity contribution in [3.05, 3.63) is 23.8 Å². The van der Waals surface area contributed by atoms with Crippen molar-refractivity contribution in [2.24, 2.45) is 0 Å². The van der Waals surface area contributed by atoms with Crippen molar-refractivity contribution in [3.8, 4) is 11.5 Å². The average molecular weight is 224 g/mol. The van der Waals surface area contributed by atoms with E-state index in [-0.39, 0.29) is 24.2 Å². The molecular formula is C12H16O4. The maximum atomic E-state index is 11.2. The molecule has 0 spiro atoms. The van der Waals surface area contributed by atoms with Crippen molar-refractivity contribution < 1.29 is 19.4 Å². The highest BCUT2D eigenvalue weighted by Gasteiger charge is 2.11. The highest BCUT2D eigenvalue weighted by Crippen LogP contribution is 2.25. The Bertz CT molecular complexity index is 371. The monoisotopic (exact) mass is 224 g/mol. The van der Waals surface area contributed by atoms with Gasteiger partial charge < -0.3 is 14.6 Å². The first-order valence-corrected chi connectivity index (χ1v) is 5.08. The number of esters is 1. The molecule has 1 aromatic carbocycles. The van der Waals surface area contributed by atoms with Gasteiger partial charge in [-0.05, 0) is 19.9 Å². The van der Waals surface area contributed by atoms with Crippen molar-refractivity contribution in [3.63, 3.8) is 0 Å². The molecule has 0 heterocycles. The van der Waals surface area contributed by atoms with Crippen LogP contribution in [0.5, 0.6) is 11.5 Å². The summed E-state index contributed by atoms with van der Waals surface area (Å²) in [5.41, 5.74) is 0.707. The van der Waals surface area contributed by atoms with Gasteiger partial charge in [0.05, 0.1) is 19.6 Å². The average Bonchev–Trinajstić information content (AvgIpc) is 2.21. The van der Waals surface area contributed by atoms with E-state index in [1.54, 1.807) is 6.07 Å². The van der Waals surface area contributed by atoms with E-state index in [1.165, 1.54) is 19.2 Å². The second-order valence-electron chi connectivity index (χ2n) is 3.71. The first-order valence-electron chi connectivity index (χ1n) is 5.08. The molecule has 0 aromatic heterocycles. The quantitative estimate of drug-likeness (QED) is 0.793. The lowest BCUT2D eigenvalue weighted by Gasteiger charge is -2.14. The van der Waals surface area contributed by atoms with Gasteiger partial charge in [0, 0.05) is 11.6 Å². The maximum absolute atomic E-state index is 11.2. The number of phenols is 1.